The van der Waals surface area contributed by atoms with E-state index in [0.29, 0.717) is 44.1 Å². The number of ether oxygens (including phenoxy) is 2. The Morgan fingerprint density at radius 2 is 2.04 bits per heavy atom. The number of hydrogen-bond donors (Lipinski definition) is 0. The molecular formula is C18H19N3O5. The quantitative estimate of drug-likeness (QED) is 0.796. The van der Waals surface area contributed by atoms with Crippen LogP contribution in [0.25, 0.3) is 0 Å². The summed E-state index contributed by atoms with van der Waals surface area (Å²) in [5.74, 6) is -0.249. The third kappa shape index (κ3) is 3.21. The fraction of sp³-hybridized carbons (Fsp3) is 0.389. The van der Waals surface area contributed by atoms with Crippen LogP contribution in [-0.4, -0.2) is 66.8 Å². The zero-order valence-electron chi connectivity index (χ0n) is 14.2. The molecule has 2 saturated heterocycles. The van der Waals surface area contributed by atoms with Crippen molar-refractivity contribution in [3.05, 3.63) is 48.7 Å². The van der Waals surface area contributed by atoms with Crippen LogP contribution >= 0.6 is 0 Å². The maximum Gasteiger partial charge on any atom is 0.254 e. The van der Waals surface area contributed by atoms with E-state index in [4.69, 9.17) is 13.9 Å². The number of hydrogen-bond acceptors (Lipinski definition) is 6. The lowest BCUT2D eigenvalue weighted by Crippen LogP contribution is -2.61. The smallest absolute Gasteiger partial charge is 0.254 e. The van der Waals surface area contributed by atoms with Gasteiger partial charge in [0.25, 0.3) is 11.8 Å². The number of morpholine rings is 1. The van der Waals surface area contributed by atoms with Gasteiger partial charge in [0, 0.05) is 30.6 Å². The van der Waals surface area contributed by atoms with Crippen LogP contribution in [0.2, 0.25) is 0 Å². The second kappa shape index (κ2) is 6.89. The van der Waals surface area contributed by atoms with Crippen LogP contribution in [0.5, 0.6) is 0 Å². The van der Waals surface area contributed by atoms with Gasteiger partial charge in [0.15, 0.2) is 0 Å². The van der Waals surface area contributed by atoms with Gasteiger partial charge in [0.05, 0.1) is 38.3 Å². The standard InChI is InChI=1S/C18H19N3O5/c22-16-10-26-18(12-21(16)15-3-7-24-9-15)11-20(6-8-25-13-18)17(23)14-1-4-19-5-2-14/h1-5,7,9H,6,8,10-13H2. The van der Waals surface area contributed by atoms with Crippen molar-refractivity contribution in [1.82, 2.24) is 9.88 Å². The van der Waals surface area contributed by atoms with Gasteiger partial charge in [-0.15, -0.1) is 0 Å². The highest BCUT2D eigenvalue weighted by Crippen LogP contribution is 2.28. The zero-order chi connectivity index (χ0) is 18.0. The van der Waals surface area contributed by atoms with Crippen LogP contribution in [0.15, 0.2) is 47.5 Å². The molecule has 2 amide bonds. The predicted octanol–water partition coefficient (Wildman–Crippen LogP) is 0.949. The van der Waals surface area contributed by atoms with Gasteiger partial charge >= 0.3 is 0 Å². The van der Waals surface area contributed by atoms with Gasteiger partial charge in [0.2, 0.25) is 0 Å². The molecule has 0 aliphatic carbocycles. The van der Waals surface area contributed by atoms with Crippen molar-refractivity contribution in [3.8, 4) is 0 Å². The Labute approximate surface area is 150 Å². The zero-order valence-corrected chi connectivity index (χ0v) is 14.2. The minimum absolute atomic E-state index is 0.0637. The largest absolute Gasteiger partial charge is 0.470 e. The number of carbonyl (C=O) groups excluding carboxylic acids is 2. The molecule has 26 heavy (non-hydrogen) atoms. The number of nitrogens with zero attached hydrogens (tertiary/aromatic N) is 3. The second-order valence-corrected chi connectivity index (χ2v) is 6.45. The molecule has 2 aromatic heterocycles. The Morgan fingerprint density at radius 3 is 2.81 bits per heavy atom. The fourth-order valence-electron chi connectivity index (χ4n) is 3.30. The van der Waals surface area contributed by atoms with Gasteiger partial charge in [0.1, 0.15) is 18.5 Å². The summed E-state index contributed by atoms with van der Waals surface area (Å²) < 4.78 is 16.7. The lowest BCUT2D eigenvalue weighted by molar-refractivity contribution is -0.145. The number of amides is 2. The molecule has 1 spiro atoms. The third-order valence-electron chi connectivity index (χ3n) is 4.63. The Balaban J connectivity index is 1.57. The van der Waals surface area contributed by atoms with Gasteiger partial charge < -0.3 is 23.7 Å². The van der Waals surface area contributed by atoms with Crippen molar-refractivity contribution in [1.29, 1.82) is 0 Å². The van der Waals surface area contributed by atoms with Crippen molar-refractivity contribution in [2.24, 2.45) is 0 Å². The average Bonchev–Trinajstić information content (AvgIpc) is 3.13. The molecule has 2 aliphatic rings. The highest BCUT2D eigenvalue weighted by molar-refractivity contribution is 5.95. The summed E-state index contributed by atoms with van der Waals surface area (Å²) in [6.07, 6.45) is 6.23. The highest BCUT2D eigenvalue weighted by Gasteiger charge is 2.44. The van der Waals surface area contributed by atoms with Crippen LogP contribution in [0.1, 0.15) is 10.4 Å². The van der Waals surface area contributed by atoms with Crippen LogP contribution in [-0.2, 0) is 14.3 Å². The van der Waals surface area contributed by atoms with Crippen LogP contribution < -0.4 is 4.90 Å². The number of aromatic nitrogens is 1. The first-order valence-corrected chi connectivity index (χ1v) is 8.40. The topological polar surface area (TPSA) is 85.1 Å². The van der Waals surface area contributed by atoms with E-state index in [9.17, 15) is 9.59 Å². The molecule has 2 aromatic rings. The summed E-state index contributed by atoms with van der Waals surface area (Å²) in [5.41, 5.74) is 0.467. The number of carbonyl (C=O) groups is 2. The molecule has 0 bridgehead atoms. The first-order valence-electron chi connectivity index (χ1n) is 8.40. The molecule has 1 atom stereocenters. The van der Waals surface area contributed by atoms with Gasteiger partial charge in [-0.25, -0.2) is 0 Å². The van der Waals surface area contributed by atoms with Gasteiger partial charge in [-0.1, -0.05) is 0 Å². The minimum Gasteiger partial charge on any atom is -0.470 e. The normalized spacial score (nSPS) is 23.9. The molecule has 8 nitrogen and oxygen atoms in total. The Hall–Kier alpha value is -2.71. The van der Waals surface area contributed by atoms with E-state index in [1.54, 1.807) is 40.4 Å². The lowest BCUT2D eigenvalue weighted by atomic mass is 10.0. The monoisotopic (exact) mass is 357 g/mol. The molecule has 1 unspecified atom stereocenters. The van der Waals surface area contributed by atoms with E-state index in [0.717, 1.165) is 0 Å². The Kier molecular flexibility index (Phi) is 4.44. The summed E-state index contributed by atoms with van der Waals surface area (Å²) in [6, 6.07) is 5.10. The van der Waals surface area contributed by atoms with Crippen molar-refractivity contribution < 1.29 is 23.5 Å². The summed E-state index contributed by atoms with van der Waals surface area (Å²) >= 11 is 0. The molecule has 4 rings (SSSR count). The summed E-state index contributed by atoms with van der Waals surface area (Å²) in [5, 5.41) is 0. The molecule has 136 valence electrons. The maximum absolute atomic E-state index is 12.8. The lowest BCUT2D eigenvalue weighted by Gasteiger charge is -2.42. The second-order valence-electron chi connectivity index (χ2n) is 6.45. The van der Waals surface area contributed by atoms with E-state index in [2.05, 4.69) is 4.98 Å². The SMILES string of the molecule is O=C(c1ccncc1)N1CCOCC2(C1)CN(c1ccoc1)C(=O)CO2. The van der Waals surface area contributed by atoms with Gasteiger partial charge in [-0.05, 0) is 12.1 Å². The van der Waals surface area contributed by atoms with Gasteiger partial charge in [-0.3, -0.25) is 14.6 Å². The first kappa shape index (κ1) is 16.7. The van der Waals surface area contributed by atoms with Crippen molar-refractivity contribution in [3.63, 3.8) is 0 Å². The van der Waals surface area contributed by atoms with E-state index in [1.165, 1.54) is 12.5 Å². The molecular weight excluding hydrogens is 338 g/mol. The molecule has 4 heterocycles. The molecule has 0 saturated carbocycles. The summed E-state index contributed by atoms with van der Waals surface area (Å²) in [7, 11) is 0. The summed E-state index contributed by atoms with van der Waals surface area (Å²) in [4.78, 5) is 32.4. The number of furan rings is 1. The van der Waals surface area contributed by atoms with E-state index < -0.39 is 5.60 Å². The van der Waals surface area contributed by atoms with Crippen molar-refractivity contribution >= 4 is 17.5 Å². The van der Waals surface area contributed by atoms with E-state index in [-0.39, 0.29) is 18.4 Å². The number of anilines is 1. The van der Waals surface area contributed by atoms with Crippen molar-refractivity contribution in [2.75, 3.05) is 44.4 Å². The third-order valence-corrected chi connectivity index (χ3v) is 4.63. The fourth-order valence-corrected chi connectivity index (χ4v) is 3.30. The molecule has 2 aliphatic heterocycles. The first-order chi connectivity index (χ1) is 12.7. The van der Waals surface area contributed by atoms with Crippen molar-refractivity contribution in [2.45, 2.75) is 5.60 Å². The molecule has 0 N–H and O–H groups in total. The number of rotatable bonds is 2. The highest BCUT2D eigenvalue weighted by atomic mass is 16.6. The van der Waals surface area contributed by atoms with Crippen LogP contribution in [0, 0.1) is 0 Å². The molecule has 0 radical (unpaired) electrons. The average molecular weight is 357 g/mol. The Bertz CT molecular complexity index is 779. The predicted molar refractivity (Wildman–Crippen MR) is 90.7 cm³/mol. The van der Waals surface area contributed by atoms with E-state index >= 15 is 0 Å². The van der Waals surface area contributed by atoms with Crippen LogP contribution in [0.3, 0.4) is 0 Å². The van der Waals surface area contributed by atoms with E-state index in [1.807, 2.05) is 0 Å². The Morgan fingerprint density at radius 1 is 1.19 bits per heavy atom. The molecule has 2 fully saturated rings. The maximum atomic E-state index is 12.8. The summed E-state index contributed by atoms with van der Waals surface area (Å²) in [6.45, 7) is 1.77. The van der Waals surface area contributed by atoms with Gasteiger partial charge in [-0.2, -0.15) is 0 Å². The minimum atomic E-state index is -0.773. The molecule has 0 aromatic carbocycles. The molecule has 8 heteroatoms. The number of pyridine rings is 1. The van der Waals surface area contributed by atoms with Crippen LogP contribution in [0.4, 0.5) is 5.69 Å².